The average molecular weight is 480 g/mol. The number of nitrogens with zero attached hydrogens (tertiary/aromatic N) is 1. The summed E-state index contributed by atoms with van der Waals surface area (Å²) < 4.78 is 5.76. The summed E-state index contributed by atoms with van der Waals surface area (Å²) in [5.74, 6) is 0. The zero-order chi connectivity index (χ0) is 21.4. The maximum atomic E-state index is 10.7. The Morgan fingerprint density at radius 2 is 2.14 bits per heavy atom. The number of rotatable bonds is 11. The number of nitrogens with two attached hydrogens (primary N) is 1. The molecular formula is C18H23Cl2N3O4S2. The number of benzene rings is 1. The van der Waals surface area contributed by atoms with E-state index in [1.165, 1.54) is 30.0 Å². The van der Waals surface area contributed by atoms with Crippen molar-refractivity contribution in [2.24, 2.45) is 5.73 Å². The second-order valence-electron chi connectivity index (χ2n) is 6.07. The summed E-state index contributed by atoms with van der Waals surface area (Å²) in [6.45, 7) is 1.22. The van der Waals surface area contributed by atoms with Crippen LogP contribution in [0.25, 0.3) is 5.70 Å². The van der Waals surface area contributed by atoms with Gasteiger partial charge in [-0.05, 0) is 25.1 Å². The van der Waals surface area contributed by atoms with Crippen molar-refractivity contribution in [1.82, 2.24) is 10.3 Å². The summed E-state index contributed by atoms with van der Waals surface area (Å²) in [4.78, 5) is 4.82. The Kier molecular flexibility index (Phi) is 10.0. The summed E-state index contributed by atoms with van der Waals surface area (Å²) in [5.41, 5.74) is 5.57. The molecule has 0 saturated heterocycles. The summed E-state index contributed by atoms with van der Waals surface area (Å²) in [5, 5.41) is 36.1. The van der Waals surface area contributed by atoms with E-state index in [1.54, 1.807) is 30.6 Å². The van der Waals surface area contributed by atoms with Gasteiger partial charge in [-0.3, -0.25) is 0 Å². The second-order valence-corrected chi connectivity index (χ2v) is 8.95. The quantitative estimate of drug-likeness (QED) is 0.246. The number of ether oxygens (including phenoxy) is 1. The van der Waals surface area contributed by atoms with Crippen LogP contribution in [0.5, 0.6) is 0 Å². The molecule has 4 unspecified atom stereocenters. The minimum absolute atomic E-state index is 0.114. The van der Waals surface area contributed by atoms with Crippen molar-refractivity contribution < 1.29 is 20.1 Å². The van der Waals surface area contributed by atoms with Gasteiger partial charge in [0.2, 0.25) is 0 Å². The highest BCUT2D eigenvalue weighted by atomic mass is 35.5. The lowest BCUT2D eigenvalue weighted by Gasteiger charge is -2.28. The van der Waals surface area contributed by atoms with Gasteiger partial charge in [-0.15, -0.1) is 11.3 Å². The van der Waals surface area contributed by atoms with Crippen molar-refractivity contribution in [2.45, 2.75) is 35.6 Å². The molecule has 160 valence electrons. The molecule has 0 fully saturated rings. The van der Waals surface area contributed by atoms with Gasteiger partial charge < -0.3 is 31.1 Å². The topological polar surface area (TPSA) is 121 Å². The van der Waals surface area contributed by atoms with Crippen LogP contribution in [0.15, 0.2) is 40.9 Å². The molecule has 1 aromatic heterocycles. The van der Waals surface area contributed by atoms with Gasteiger partial charge in [0.05, 0.1) is 28.5 Å². The van der Waals surface area contributed by atoms with Crippen molar-refractivity contribution >= 4 is 52.0 Å². The molecule has 4 atom stereocenters. The predicted molar refractivity (Wildman–Crippen MR) is 118 cm³/mol. The van der Waals surface area contributed by atoms with E-state index in [1.807, 2.05) is 5.38 Å². The lowest BCUT2D eigenvalue weighted by atomic mass is 10.2. The molecule has 29 heavy (non-hydrogen) atoms. The number of thiazole rings is 1. The molecule has 1 heterocycles. The third-order valence-electron chi connectivity index (χ3n) is 3.75. The molecule has 6 N–H and O–H groups in total. The minimum Gasteiger partial charge on any atom is -0.395 e. The molecule has 0 bridgehead atoms. The Morgan fingerprint density at radius 3 is 2.72 bits per heavy atom. The second kappa shape index (κ2) is 12.0. The average Bonchev–Trinajstić information content (AvgIpc) is 3.22. The molecule has 0 aliphatic heterocycles. The van der Waals surface area contributed by atoms with Crippen LogP contribution in [0.3, 0.4) is 0 Å². The van der Waals surface area contributed by atoms with E-state index in [2.05, 4.69) is 10.3 Å². The van der Waals surface area contributed by atoms with Crippen molar-refractivity contribution in [3.05, 3.63) is 51.0 Å². The fourth-order valence-electron chi connectivity index (χ4n) is 2.18. The molecular weight excluding hydrogens is 457 g/mol. The lowest BCUT2D eigenvalue weighted by molar-refractivity contribution is -0.0933. The number of nitrogens with one attached hydrogen (secondary N) is 1. The van der Waals surface area contributed by atoms with Crippen molar-refractivity contribution in [3.8, 4) is 0 Å². The maximum Gasteiger partial charge on any atom is 0.140 e. The molecule has 11 heteroatoms. The van der Waals surface area contributed by atoms with E-state index in [9.17, 15) is 15.3 Å². The van der Waals surface area contributed by atoms with E-state index in [4.69, 9.17) is 33.7 Å². The minimum atomic E-state index is -0.998. The monoisotopic (exact) mass is 479 g/mol. The van der Waals surface area contributed by atoms with Crippen LogP contribution in [0.2, 0.25) is 10.0 Å². The molecule has 0 spiro atoms. The first-order valence-electron chi connectivity index (χ1n) is 8.64. The van der Waals surface area contributed by atoms with Gasteiger partial charge in [0, 0.05) is 29.2 Å². The summed E-state index contributed by atoms with van der Waals surface area (Å²) in [6, 6.07) is 5.04. The van der Waals surface area contributed by atoms with Gasteiger partial charge in [0.15, 0.2) is 0 Å². The van der Waals surface area contributed by atoms with Crippen LogP contribution < -0.4 is 11.1 Å². The SMILES string of the molecule is CC(O)C(CO)OC(Sc1ccc(Cl)c(Cl)c1)C(O)CN/C=C(\N)c1nccs1. The number of halogens is 2. The first kappa shape index (κ1) is 24.2. The number of hydrogen-bond acceptors (Lipinski definition) is 9. The Bertz CT molecular complexity index is 793. The molecule has 0 aliphatic rings. The molecule has 0 saturated carbocycles. The van der Waals surface area contributed by atoms with Gasteiger partial charge >= 0.3 is 0 Å². The highest BCUT2D eigenvalue weighted by Crippen LogP contribution is 2.32. The molecule has 0 amide bonds. The van der Waals surface area contributed by atoms with Crippen molar-refractivity contribution in [1.29, 1.82) is 0 Å². The Labute approximate surface area is 187 Å². The van der Waals surface area contributed by atoms with E-state index in [0.29, 0.717) is 25.6 Å². The lowest BCUT2D eigenvalue weighted by Crippen LogP contribution is -2.41. The zero-order valence-corrected chi connectivity index (χ0v) is 18.7. The van der Waals surface area contributed by atoms with Crippen LogP contribution in [0.1, 0.15) is 11.9 Å². The predicted octanol–water partition coefficient (Wildman–Crippen LogP) is 2.53. The Hall–Kier alpha value is -1.04. The maximum absolute atomic E-state index is 10.7. The highest BCUT2D eigenvalue weighted by molar-refractivity contribution is 7.99. The van der Waals surface area contributed by atoms with Crippen LogP contribution in [-0.2, 0) is 4.74 Å². The smallest absolute Gasteiger partial charge is 0.140 e. The zero-order valence-electron chi connectivity index (χ0n) is 15.5. The number of aromatic nitrogens is 1. The molecule has 1 aromatic carbocycles. The number of aliphatic hydroxyl groups excluding tert-OH is 3. The summed E-state index contributed by atoms with van der Waals surface area (Å²) in [6.07, 6.45) is 0.431. The molecule has 2 rings (SSSR count). The molecule has 2 aromatic rings. The normalized spacial score (nSPS) is 16.3. The highest BCUT2D eigenvalue weighted by Gasteiger charge is 2.27. The van der Waals surface area contributed by atoms with E-state index in [-0.39, 0.29) is 6.54 Å². The number of thioether (sulfide) groups is 1. The third kappa shape index (κ3) is 7.62. The fourth-order valence-corrected chi connectivity index (χ4v) is 4.16. The van der Waals surface area contributed by atoms with Crippen molar-refractivity contribution in [3.63, 3.8) is 0 Å². The number of hydrogen-bond donors (Lipinski definition) is 5. The van der Waals surface area contributed by atoms with Crippen LogP contribution in [-0.4, -0.2) is 57.2 Å². The number of aliphatic hydroxyl groups is 3. The third-order valence-corrected chi connectivity index (χ3v) is 6.49. The molecule has 7 nitrogen and oxygen atoms in total. The van der Waals surface area contributed by atoms with Crippen LogP contribution in [0, 0.1) is 0 Å². The first-order chi connectivity index (χ1) is 13.8. The molecule has 0 radical (unpaired) electrons. The Morgan fingerprint density at radius 1 is 1.38 bits per heavy atom. The Balaban J connectivity index is 2.07. The summed E-state index contributed by atoms with van der Waals surface area (Å²) in [7, 11) is 0. The molecule has 0 aliphatic carbocycles. The van der Waals surface area contributed by atoms with E-state index < -0.39 is 30.4 Å². The van der Waals surface area contributed by atoms with E-state index in [0.717, 1.165) is 0 Å². The van der Waals surface area contributed by atoms with Gasteiger partial charge in [0.25, 0.3) is 0 Å². The van der Waals surface area contributed by atoms with Gasteiger partial charge in [-0.2, -0.15) is 0 Å². The van der Waals surface area contributed by atoms with E-state index >= 15 is 0 Å². The van der Waals surface area contributed by atoms with Crippen molar-refractivity contribution in [2.75, 3.05) is 13.2 Å². The largest absolute Gasteiger partial charge is 0.395 e. The van der Waals surface area contributed by atoms with Gasteiger partial charge in [0.1, 0.15) is 22.7 Å². The van der Waals surface area contributed by atoms with Gasteiger partial charge in [-0.25, -0.2) is 4.98 Å². The summed E-state index contributed by atoms with van der Waals surface area (Å²) >= 11 is 14.6. The fraction of sp³-hybridized carbons (Fsp3) is 0.389. The van der Waals surface area contributed by atoms with Gasteiger partial charge in [-0.1, -0.05) is 35.0 Å². The van der Waals surface area contributed by atoms with Crippen LogP contribution in [0.4, 0.5) is 0 Å². The standard InChI is InChI=1S/C18H23Cl2N3O4S2/c1-10(25)16(9-24)27-18(29-11-2-3-12(19)13(20)6-11)15(26)8-22-7-14(21)17-23-4-5-28-17/h2-7,10,15-16,18,22,24-26H,8-9,21H2,1H3/b14-7-. The first-order valence-corrected chi connectivity index (χ1v) is 11.2. The van der Waals surface area contributed by atoms with Crippen LogP contribution >= 0.6 is 46.3 Å².